The number of hydrogen-bond acceptors (Lipinski definition) is 3. The number of alkyl halides is 3. The molecule has 1 fully saturated rings. The fraction of sp³-hybridized carbons (Fsp3) is 0.500. The maximum absolute atomic E-state index is 13.0. The molecular weight excluding hydrogens is 283 g/mol. The third kappa shape index (κ3) is 3.87. The van der Waals surface area contributed by atoms with Crippen LogP contribution in [0.15, 0.2) is 18.2 Å². The Kier molecular flexibility index (Phi) is 4.72. The molecule has 1 aliphatic rings. The number of amides is 1. The highest BCUT2D eigenvalue weighted by atomic mass is 19.4. The molecule has 116 valence electrons. The van der Waals surface area contributed by atoms with Gasteiger partial charge in [-0.05, 0) is 31.0 Å². The van der Waals surface area contributed by atoms with Crippen molar-refractivity contribution >= 4 is 11.6 Å². The van der Waals surface area contributed by atoms with E-state index in [-0.39, 0.29) is 11.3 Å². The smallest absolute Gasteiger partial charge is 0.388 e. The Hall–Kier alpha value is -1.76. The van der Waals surface area contributed by atoms with Crippen LogP contribution in [-0.4, -0.2) is 31.1 Å². The fourth-order valence-corrected chi connectivity index (χ4v) is 2.35. The summed E-state index contributed by atoms with van der Waals surface area (Å²) in [5.74, 6) is -0.509. The second-order valence-corrected chi connectivity index (χ2v) is 5.00. The summed E-state index contributed by atoms with van der Waals surface area (Å²) in [6.07, 6.45) is -1.43. The largest absolute Gasteiger partial charge is 0.418 e. The number of carbonyl (C=O) groups is 1. The third-order valence-electron chi connectivity index (χ3n) is 3.47. The number of anilines is 1. The molecule has 1 heterocycles. The summed E-state index contributed by atoms with van der Waals surface area (Å²) >= 11 is 0. The normalized spacial score (nSPS) is 16.6. The molecule has 0 atom stereocenters. The molecule has 21 heavy (non-hydrogen) atoms. The summed E-state index contributed by atoms with van der Waals surface area (Å²) in [7, 11) is 1.41. The Morgan fingerprint density at radius 2 is 1.86 bits per heavy atom. The second kappa shape index (κ2) is 6.34. The van der Waals surface area contributed by atoms with Crippen LogP contribution in [0.5, 0.6) is 0 Å². The Bertz CT molecular complexity index is 511. The minimum atomic E-state index is -4.50. The number of hydrazine groups is 1. The van der Waals surface area contributed by atoms with Crippen molar-refractivity contribution in [3.05, 3.63) is 29.3 Å². The molecule has 4 nitrogen and oxygen atoms in total. The van der Waals surface area contributed by atoms with Crippen molar-refractivity contribution in [2.45, 2.75) is 25.4 Å². The van der Waals surface area contributed by atoms with Crippen LogP contribution >= 0.6 is 0 Å². The van der Waals surface area contributed by atoms with E-state index >= 15 is 0 Å². The number of hydrogen-bond donors (Lipinski definition) is 2. The van der Waals surface area contributed by atoms with Gasteiger partial charge in [-0.3, -0.25) is 10.2 Å². The van der Waals surface area contributed by atoms with Crippen molar-refractivity contribution in [2.75, 3.05) is 25.5 Å². The van der Waals surface area contributed by atoms with Crippen molar-refractivity contribution in [1.29, 1.82) is 0 Å². The summed E-state index contributed by atoms with van der Waals surface area (Å²) < 4.78 is 38.9. The molecule has 0 saturated carbocycles. The maximum Gasteiger partial charge on any atom is 0.418 e. The van der Waals surface area contributed by atoms with Gasteiger partial charge in [0.25, 0.3) is 5.91 Å². The number of carbonyl (C=O) groups excluding carboxylic acids is 1. The minimum absolute atomic E-state index is 0.00639. The van der Waals surface area contributed by atoms with Crippen LogP contribution in [0.1, 0.15) is 35.2 Å². The number of rotatable bonds is 3. The monoisotopic (exact) mass is 301 g/mol. The summed E-state index contributed by atoms with van der Waals surface area (Å²) in [4.78, 5) is 12.1. The quantitative estimate of drug-likeness (QED) is 0.902. The first-order valence-corrected chi connectivity index (χ1v) is 6.87. The van der Waals surface area contributed by atoms with Gasteiger partial charge in [0.15, 0.2) is 0 Å². The molecule has 1 aromatic carbocycles. The number of nitrogens with zero attached hydrogens (tertiary/aromatic N) is 1. The zero-order chi connectivity index (χ0) is 15.5. The molecule has 1 aliphatic heterocycles. The molecule has 0 aliphatic carbocycles. The first-order valence-electron chi connectivity index (χ1n) is 6.87. The van der Waals surface area contributed by atoms with Gasteiger partial charge in [0, 0.05) is 31.4 Å². The van der Waals surface area contributed by atoms with Crippen LogP contribution in [0.4, 0.5) is 18.9 Å². The highest BCUT2D eigenvalue weighted by Gasteiger charge is 2.34. The molecule has 0 unspecified atom stereocenters. The first-order chi connectivity index (χ1) is 9.91. The molecule has 0 spiro atoms. The third-order valence-corrected chi connectivity index (χ3v) is 3.47. The van der Waals surface area contributed by atoms with E-state index in [1.54, 1.807) is 5.01 Å². The lowest BCUT2D eigenvalue weighted by Crippen LogP contribution is -2.45. The highest BCUT2D eigenvalue weighted by Crippen LogP contribution is 2.35. The van der Waals surface area contributed by atoms with Crippen LogP contribution in [0, 0.1) is 0 Å². The van der Waals surface area contributed by atoms with Gasteiger partial charge in [-0.1, -0.05) is 6.42 Å². The van der Waals surface area contributed by atoms with Crippen LogP contribution in [-0.2, 0) is 6.18 Å². The molecule has 0 bridgehead atoms. The van der Waals surface area contributed by atoms with E-state index in [4.69, 9.17) is 0 Å². The fourth-order valence-electron chi connectivity index (χ4n) is 2.35. The zero-order valence-electron chi connectivity index (χ0n) is 11.8. The zero-order valence-corrected chi connectivity index (χ0v) is 11.8. The average molecular weight is 301 g/mol. The lowest BCUT2D eigenvalue weighted by Gasteiger charge is -2.27. The van der Waals surface area contributed by atoms with Gasteiger partial charge in [0.2, 0.25) is 0 Å². The standard InChI is InChI=1S/C14H18F3N3O/c1-18-12-6-5-10(9-11(12)14(15,16)17)13(21)19-20-7-3-2-4-8-20/h5-6,9,18H,2-4,7-8H2,1H3,(H,19,21). The molecule has 2 N–H and O–H groups in total. The minimum Gasteiger partial charge on any atom is -0.388 e. The van der Waals surface area contributed by atoms with Crippen molar-refractivity contribution in [2.24, 2.45) is 0 Å². The lowest BCUT2D eigenvalue weighted by molar-refractivity contribution is -0.136. The predicted octanol–water partition coefficient (Wildman–Crippen LogP) is 2.88. The Morgan fingerprint density at radius 3 is 2.43 bits per heavy atom. The van der Waals surface area contributed by atoms with Gasteiger partial charge < -0.3 is 5.32 Å². The van der Waals surface area contributed by atoms with E-state index in [0.29, 0.717) is 0 Å². The predicted molar refractivity (Wildman–Crippen MR) is 73.9 cm³/mol. The van der Waals surface area contributed by atoms with E-state index in [0.717, 1.165) is 38.4 Å². The topological polar surface area (TPSA) is 44.4 Å². The molecular formula is C14H18F3N3O. The van der Waals surface area contributed by atoms with Crippen molar-refractivity contribution in [3.8, 4) is 0 Å². The van der Waals surface area contributed by atoms with E-state index in [1.165, 1.54) is 19.2 Å². The van der Waals surface area contributed by atoms with Gasteiger partial charge >= 0.3 is 6.18 Å². The summed E-state index contributed by atoms with van der Waals surface area (Å²) in [5.41, 5.74) is 1.78. The van der Waals surface area contributed by atoms with E-state index < -0.39 is 17.6 Å². The Morgan fingerprint density at radius 1 is 1.19 bits per heavy atom. The summed E-state index contributed by atoms with van der Waals surface area (Å²) in [6.45, 7) is 1.46. The Labute approximate surface area is 121 Å². The molecule has 1 amide bonds. The lowest BCUT2D eigenvalue weighted by atomic mass is 10.1. The summed E-state index contributed by atoms with van der Waals surface area (Å²) in [6, 6.07) is 3.54. The van der Waals surface area contributed by atoms with E-state index in [1.807, 2.05) is 0 Å². The van der Waals surface area contributed by atoms with E-state index in [9.17, 15) is 18.0 Å². The van der Waals surface area contributed by atoms with Crippen LogP contribution in [0.25, 0.3) is 0 Å². The molecule has 1 aromatic rings. The molecule has 0 aromatic heterocycles. The average Bonchev–Trinajstić information content (AvgIpc) is 2.46. The van der Waals surface area contributed by atoms with Crippen LogP contribution < -0.4 is 10.7 Å². The maximum atomic E-state index is 13.0. The Balaban J connectivity index is 2.17. The van der Waals surface area contributed by atoms with Gasteiger partial charge in [-0.2, -0.15) is 13.2 Å². The van der Waals surface area contributed by atoms with Crippen LogP contribution in [0.2, 0.25) is 0 Å². The van der Waals surface area contributed by atoms with E-state index in [2.05, 4.69) is 10.7 Å². The van der Waals surface area contributed by atoms with Gasteiger partial charge in [0.05, 0.1) is 5.56 Å². The number of piperidine rings is 1. The molecule has 7 heteroatoms. The summed E-state index contributed by atoms with van der Waals surface area (Å²) in [5, 5.41) is 4.24. The SMILES string of the molecule is CNc1ccc(C(=O)NN2CCCCC2)cc1C(F)(F)F. The number of benzene rings is 1. The van der Waals surface area contributed by atoms with Crippen LogP contribution in [0.3, 0.4) is 0 Å². The van der Waals surface area contributed by atoms with Gasteiger partial charge in [-0.25, -0.2) is 5.01 Å². The first kappa shape index (κ1) is 15.6. The van der Waals surface area contributed by atoms with Crippen molar-refractivity contribution < 1.29 is 18.0 Å². The molecule has 1 saturated heterocycles. The van der Waals surface area contributed by atoms with Gasteiger partial charge in [-0.15, -0.1) is 0 Å². The molecule has 0 radical (unpaired) electrons. The number of nitrogens with one attached hydrogen (secondary N) is 2. The second-order valence-electron chi connectivity index (χ2n) is 5.00. The van der Waals surface area contributed by atoms with Crippen molar-refractivity contribution in [3.63, 3.8) is 0 Å². The van der Waals surface area contributed by atoms with Crippen molar-refractivity contribution in [1.82, 2.24) is 10.4 Å². The number of halogens is 3. The molecule has 2 rings (SSSR count). The van der Waals surface area contributed by atoms with Gasteiger partial charge in [0.1, 0.15) is 0 Å². The highest BCUT2D eigenvalue weighted by molar-refractivity contribution is 5.94.